The average Bonchev–Trinajstić information content (AvgIpc) is 2.69. The van der Waals surface area contributed by atoms with E-state index in [4.69, 9.17) is 0 Å². The van der Waals surface area contributed by atoms with Crippen molar-refractivity contribution < 1.29 is 4.79 Å². The van der Waals surface area contributed by atoms with E-state index in [0.29, 0.717) is 18.2 Å². The van der Waals surface area contributed by atoms with Gasteiger partial charge in [0, 0.05) is 37.4 Å². The molecule has 0 saturated carbocycles. The van der Waals surface area contributed by atoms with Gasteiger partial charge in [-0.1, -0.05) is 12.1 Å². The molecule has 0 spiro atoms. The molecule has 1 N–H and O–H groups in total. The molecule has 0 radical (unpaired) electrons. The van der Waals surface area contributed by atoms with Crippen molar-refractivity contribution in [2.45, 2.75) is 27.2 Å². The Morgan fingerprint density at radius 2 is 1.82 bits per heavy atom. The number of nitrogens with one attached hydrogen (secondary N) is 1. The van der Waals surface area contributed by atoms with E-state index in [9.17, 15) is 4.79 Å². The van der Waals surface area contributed by atoms with Crippen LogP contribution >= 0.6 is 0 Å². The lowest BCUT2D eigenvalue weighted by atomic mass is 10.1. The zero-order valence-corrected chi connectivity index (χ0v) is 16.7. The summed E-state index contributed by atoms with van der Waals surface area (Å²) in [5.41, 5.74) is 5.53. The van der Waals surface area contributed by atoms with Gasteiger partial charge in [-0.15, -0.1) is 0 Å². The minimum atomic E-state index is -0.122. The summed E-state index contributed by atoms with van der Waals surface area (Å²) in [5, 5.41) is 3.25. The number of aromatic nitrogens is 3. The number of benzene rings is 1. The molecule has 1 aromatic carbocycles. The third-order valence-electron chi connectivity index (χ3n) is 4.76. The third kappa shape index (κ3) is 4.71. The highest BCUT2D eigenvalue weighted by Gasteiger charge is 2.16. The number of pyridine rings is 1. The Bertz CT molecular complexity index is 972. The SMILES string of the molecule is Cc1cc(C(=O)N(C)CCc2ccncc2)nc(Nc2cccc(C)c2C)n1. The van der Waals surface area contributed by atoms with Crippen molar-refractivity contribution >= 4 is 17.5 Å². The summed E-state index contributed by atoms with van der Waals surface area (Å²) in [6.45, 7) is 6.58. The van der Waals surface area contributed by atoms with Crippen LogP contribution in [0.2, 0.25) is 0 Å². The molecule has 0 atom stereocenters. The maximum Gasteiger partial charge on any atom is 0.272 e. The highest BCUT2D eigenvalue weighted by atomic mass is 16.2. The molecule has 3 rings (SSSR count). The number of likely N-dealkylation sites (N-methyl/N-ethyl adjacent to an activating group) is 1. The van der Waals surface area contributed by atoms with Crippen LogP contribution in [0.5, 0.6) is 0 Å². The molecule has 0 aliphatic rings. The molecule has 0 fully saturated rings. The predicted octanol–water partition coefficient (Wildman–Crippen LogP) is 3.86. The van der Waals surface area contributed by atoms with Gasteiger partial charge in [-0.2, -0.15) is 0 Å². The fourth-order valence-electron chi connectivity index (χ4n) is 2.88. The second-order valence-corrected chi connectivity index (χ2v) is 6.92. The number of nitrogens with zero attached hydrogens (tertiary/aromatic N) is 4. The van der Waals surface area contributed by atoms with E-state index in [1.54, 1.807) is 30.4 Å². The number of rotatable bonds is 6. The van der Waals surface area contributed by atoms with Gasteiger partial charge in [-0.25, -0.2) is 9.97 Å². The Morgan fingerprint density at radius 3 is 2.57 bits per heavy atom. The van der Waals surface area contributed by atoms with E-state index in [0.717, 1.165) is 28.9 Å². The van der Waals surface area contributed by atoms with Gasteiger partial charge in [0.1, 0.15) is 5.69 Å². The molecule has 144 valence electrons. The smallest absolute Gasteiger partial charge is 0.272 e. The number of amides is 1. The first-order valence-corrected chi connectivity index (χ1v) is 9.27. The molecule has 2 heterocycles. The van der Waals surface area contributed by atoms with Crippen molar-refractivity contribution in [3.8, 4) is 0 Å². The lowest BCUT2D eigenvalue weighted by Crippen LogP contribution is -2.30. The third-order valence-corrected chi connectivity index (χ3v) is 4.76. The lowest BCUT2D eigenvalue weighted by Gasteiger charge is -2.17. The van der Waals surface area contributed by atoms with Gasteiger partial charge in [0.2, 0.25) is 5.95 Å². The van der Waals surface area contributed by atoms with Gasteiger partial charge < -0.3 is 10.2 Å². The molecule has 0 unspecified atom stereocenters. The fourth-order valence-corrected chi connectivity index (χ4v) is 2.88. The Hall–Kier alpha value is -3.28. The van der Waals surface area contributed by atoms with E-state index in [-0.39, 0.29) is 5.91 Å². The summed E-state index contributed by atoms with van der Waals surface area (Å²) >= 11 is 0. The summed E-state index contributed by atoms with van der Waals surface area (Å²) in [7, 11) is 1.79. The Kier molecular flexibility index (Phi) is 5.99. The van der Waals surface area contributed by atoms with Crippen LogP contribution in [-0.2, 0) is 6.42 Å². The van der Waals surface area contributed by atoms with Crippen LogP contribution in [0.1, 0.15) is 32.9 Å². The quantitative estimate of drug-likeness (QED) is 0.708. The normalized spacial score (nSPS) is 10.6. The first kappa shape index (κ1) is 19.5. The monoisotopic (exact) mass is 375 g/mol. The Morgan fingerprint density at radius 1 is 1.07 bits per heavy atom. The predicted molar refractivity (Wildman–Crippen MR) is 111 cm³/mol. The number of aryl methyl sites for hydroxylation is 2. The molecule has 28 heavy (non-hydrogen) atoms. The molecule has 0 aliphatic carbocycles. The maximum atomic E-state index is 12.8. The summed E-state index contributed by atoms with van der Waals surface area (Å²) < 4.78 is 0. The van der Waals surface area contributed by atoms with Crippen molar-refractivity contribution in [2.75, 3.05) is 18.9 Å². The summed E-state index contributed by atoms with van der Waals surface area (Å²) in [6, 6.07) is 11.7. The lowest BCUT2D eigenvalue weighted by molar-refractivity contribution is 0.0790. The van der Waals surface area contributed by atoms with E-state index in [1.165, 1.54) is 5.56 Å². The van der Waals surface area contributed by atoms with Crippen LogP contribution in [0.4, 0.5) is 11.6 Å². The Labute approximate surface area is 165 Å². The molecule has 6 heteroatoms. The largest absolute Gasteiger partial charge is 0.340 e. The second-order valence-electron chi connectivity index (χ2n) is 6.92. The Balaban J connectivity index is 1.74. The van der Waals surface area contributed by atoms with Gasteiger partial charge in [0.15, 0.2) is 0 Å². The molecule has 6 nitrogen and oxygen atoms in total. The first-order chi connectivity index (χ1) is 13.4. The first-order valence-electron chi connectivity index (χ1n) is 9.27. The number of hydrogen-bond acceptors (Lipinski definition) is 5. The highest BCUT2D eigenvalue weighted by molar-refractivity contribution is 5.92. The zero-order chi connectivity index (χ0) is 20.1. The van der Waals surface area contributed by atoms with Crippen LogP contribution in [0.25, 0.3) is 0 Å². The number of hydrogen-bond donors (Lipinski definition) is 1. The van der Waals surface area contributed by atoms with Crippen molar-refractivity contribution in [1.29, 1.82) is 0 Å². The van der Waals surface area contributed by atoms with Gasteiger partial charge in [-0.05, 0) is 68.1 Å². The highest BCUT2D eigenvalue weighted by Crippen LogP contribution is 2.21. The fraction of sp³-hybridized carbons (Fsp3) is 0.273. The molecule has 0 aliphatic heterocycles. The van der Waals surface area contributed by atoms with Gasteiger partial charge in [0.25, 0.3) is 5.91 Å². The molecule has 0 bridgehead atoms. The molecule has 2 aromatic heterocycles. The minimum Gasteiger partial charge on any atom is -0.340 e. The van der Waals surface area contributed by atoms with Gasteiger partial charge in [0.05, 0.1) is 0 Å². The zero-order valence-electron chi connectivity index (χ0n) is 16.7. The molecular formula is C22H25N5O. The minimum absolute atomic E-state index is 0.122. The number of anilines is 2. The van der Waals surface area contributed by atoms with E-state index < -0.39 is 0 Å². The van der Waals surface area contributed by atoms with Crippen LogP contribution < -0.4 is 5.32 Å². The molecule has 3 aromatic rings. The summed E-state index contributed by atoms with van der Waals surface area (Å²) in [4.78, 5) is 27.4. The molecule has 1 amide bonds. The van der Waals surface area contributed by atoms with Crippen LogP contribution in [-0.4, -0.2) is 39.4 Å². The van der Waals surface area contributed by atoms with Crippen LogP contribution in [0.15, 0.2) is 48.8 Å². The van der Waals surface area contributed by atoms with E-state index in [1.807, 2.05) is 38.1 Å². The van der Waals surface area contributed by atoms with Gasteiger partial charge in [-0.3, -0.25) is 9.78 Å². The van der Waals surface area contributed by atoms with Crippen LogP contribution in [0, 0.1) is 20.8 Å². The average molecular weight is 375 g/mol. The van der Waals surface area contributed by atoms with Crippen molar-refractivity contribution in [1.82, 2.24) is 19.9 Å². The van der Waals surface area contributed by atoms with Crippen LogP contribution in [0.3, 0.4) is 0 Å². The number of carbonyl (C=O) groups is 1. The van der Waals surface area contributed by atoms with Crippen molar-refractivity contribution in [3.05, 3.63) is 76.9 Å². The summed E-state index contributed by atoms with van der Waals surface area (Å²) in [5.74, 6) is 0.308. The van der Waals surface area contributed by atoms with Crippen molar-refractivity contribution in [3.63, 3.8) is 0 Å². The number of carbonyl (C=O) groups excluding carboxylic acids is 1. The molecular weight excluding hydrogens is 350 g/mol. The van der Waals surface area contributed by atoms with Gasteiger partial charge >= 0.3 is 0 Å². The standard InChI is InChI=1S/C22H25N5O/c1-15-6-5-7-19(17(15)3)25-22-24-16(2)14-20(26-22)21(28)27(4)13-10-18-8-11-23-12-9-18/h5-9,11-12,14H,10,13H2,1-4H3,(H,24,25,26). The van der Waals surface area contributed by atoms with E-state index in [2.05, 4.69) is 33.3 Å². The topological polar surface area (TPSA) is 71.0 Å². The summed E-state index contributed by atoms with van der Waals surface area (Å²) in [6.07, 6.45) is 4.29. The molecule has 0 saturated heterocycles. The maximum absolute atomic E-state index is 12.8. The second kappa shape index (κ2) is 8.61. The van der Waals surface area contributed by atoms with Crippen molar-refractivity contribution in [2.24, 2.45) is 0 Å². The van der Waals surface area contributed by atoms with E-state index >= 15 is 0 Å².